The predicted octanol–water partition coefficient (Wildman–Crippen LogP) is 3.39. The molecule has 0 aliphatic rings. The monoisotopic (exact) mass is 276 g/mol. The molecule has 0 N–H and O–H groups in total. The highest BCUT2D eigenvalue weighted by atomic mass is 35.5. The third kappa shape index (κ3) is 2.51. The first kappa shape index (κ1) is 12.0. The van der Waals surface area contributed by atoms with Crippen molar-refractivity contribution >= 4 is 45.0 Å². The molecule has 0 heterocycles. The minimum absolute atomic E-state index is 0.0154. The summed E-state index contributed by atoms with van der Waals surface area (Å²) in [6.45, 7) is 0. The lowest BCUT2D eigenvalue weighted by Crippen LogP contribution is -1.95. The van der Waals surface area contributed by atoms with Gasteiger partial charge in [-0.25, -0.2) is 0 Å². The maximum absolute atomic E-state index is 12.6. The molecule has 0 amide bonds. The molecular formula is C7H4Cl3FO2S. The van der Waals surface area contributed by atoms with Crippen molar-refractivity contribution in [3.05, 3.63) is 27.7 Å². The van der Waals surface area contributed by atoms with E-state index < -0.39 is 15.1 Å². The summed E-state index contributed by atoms with van der Waals surface area (Å²) in [5.41, 5.74) is 0.314. The van der Waals surface area contributed by atoms with E-state index in [-0.39, 0.29) is 15.9 Å². The van der Waals surface area contributed by atoms with E-state index in [9.17, 15) is 12.3 Å². The fourth-order valence-electron chi connectivity index (χ4n) is 0.860. The van der Waals surface area contributed by atoms with Gasteiger partial charge in [-0.05, 0) is 17.7 Å². The molecule has 0 bridgehead atoms. The zero-order valence-electron chi connectivity index (χ0n) is 6.60. The second-order valence-electron chi connectivity index (χ2n) is 2.45. The van der Waals surface area contributed by atoms with Crippen LogP contribution >= 0.6 is 34.8 Å². The topological polar surface area (TPSA) is 34.1 Å². The summed E-state index contributed by atoms with van der Waals surface area (Å²) in [4.78, 5) is -0.612. The van der Waals surface area contributed by atoms with Crippen molar-refractivity contribution in [3.8, 4) is 0 Å². The molecule has 2 nitrogen and oxygen atoms in total. The van der Waals surface area contributed by atoms with Gasteiger partial charge >= 0.3 is 10.2 Å². The smallest absolute Gasteiger partial charge is 0.189 e. The lowest BCUT2D eigenvalue weighted by Gasteiger charge is -2.04. The van der Waals surface area contributed by atoms with Crippen molar-refractivity contribution < 1.29 is 12.3 Å². The maximum atomic E-state index is 12.6. The first-order valence-corrected chi connectivity index (χ1v) is 6.02. The molecule has 0 saturated carbocycles. The van der Waals surface area contributed by atoms with Crippen LogP contribution in [0.4, 0.5) is 3.89 Å². The number of alkyl halides is 1. The van der Waals surface area contributed by atoms with E-state index in [1.165, 1.54) is 0 Å². The van der Waals surface area contributed by atoms with Crippen LogP contribution < -0.4 is 0 Å². The van der Waals surface area contributed by atoms with Gasteiger partial charge in [-0.1, -0.05) is 23.2 Å². The van der Waals surface area contributed by atoms with Gasteiger partial charge in [0.15, 0.2) is 0 Å². The van der Waals surface area contributed by atoms with Crippen molar-refractivity contribution in [2.75, 3.05) is 0 Å². The number of rotatable bonds is 2. The largest absolute Gasteiger partial charge is 0.333 e. The van der Waals surface area contributed by atoms with E-state index in [0.29, 0.717) is 5.56 Å². The van der Waals surface area contributed by atoms with E-state index in [1.54, 1.807) is 0 Å². The molecule has 0 spiro atoms. The maximum Gasteiger partial charge on any atom is 0.333 e. The van der Waals surface area contributed by atoms with Crippen LogP contribution in [-0.4, -0.2) is 8.42 Å². The van der Waals surface area contributed by atoms with Crippen molar-refractivity contribution in [3.63, 3.8) is 0 Å². The van der Waals surface area contributed by atoms with Gasteiger partial charge in [-0.2, -0.15) is 8.42 Å². The normalized spacial score (nSPS) is 11.7. The third-order valence-electron chi connectivity index (χ3n) is 1.51. The molecule has 0 saturated heterocycles. The van der Waals surface area contributed by atoms with Crippen molar-refractivity contribution in [1.29, 1.82) is 0 Å². The summed E-state index contributed by atoms with van der Waals surface area (Å²) in [5.74, 6) is -0.0154. The van der Waals surface area contributed by atoms with E-state index in [1.807, 2.05) is 0 Å². The standard InChI is InChI=1S/C7H4Cl3FO2S/c8-3-4-1-7(14(11,12)13)6(10)2-5(4)9/h1-2H,3H2. The Morgan fingerprint density at radius 3 is 2.21 bits per heavy atom. The van der Waals surface area contributed by atoms with E-state index in [2.05, 4.69) is 0 Å². The van der Waals surface area contributed by atoms with Crippen LogP contribution in [0.15, 0.2) is 17.0 Å². The van der Waals surface area contributed by atoms with Crippen molar-refractivity contribution in [2.45, 2.75) is 10.8 Å². The van der Waals surface area contributed by atoms with Crippen LogP contribution in [0.1, 0.15) is 5.56 Å². The zero-order valence-corrected chi connectivity index (χ0v) is 9.68. The number of hydrogen-bond acceptors (Lipinski definition) is 2. The van der Waals surface area contributed by atoms with Gasteiger partial charge < -0.3 is 0 Å². The second-order valence-corrected chi connectivity index (χ2v) is 4.84. The molecule has 1 rings (SSSR count). The van der Waals surface area contributed by atoms with E-state index in [0.717, 1.165) is 12.1 Å². The summed E-state index contributed by atoms with van der Waals surface area (Å²) in [7, 11) is -4.83. The van der Waals surface area contributed by atoms with Gasteiger partial charge in [-0.15, -0.1) is 15.5 Å². The lowest BCUT2D eigenvalue weighted by molar-refractivity contribution is 0.552. The first-order valence-electron chi connectivity index (χ1n) is 3.35. The molecule has 1 aromatic carbocycles. The molecule has 0 aromatic heterocycles. The minimum Gasteiger partial charge on any atom is -0.189 e. The Hall–Kier alpha value is -0.0300. The highest BCUT2D eigenvalue weighted by Crippen LogP contribution is 2.30. The molecule has 0 aliphatic carbocycles. The Kier molecular flexibility index (Phi) is 3.63. The predicted molar refractivity (Wildman–Crippen MR) is 54.3 cm³/mol. The van der Waals surface area contributed by atoms with Crippen LogP contribution in [0.25, 0.3) is 0 Å². The van der Waals surface area contributed by atoms with Crippen LogP contribution in [0, 0.1) is 0 Å². The van der Waals surface area contributed by atoms with Crippen LogP contribution in [0.5, 0.6) is 0 Å². The van der Waals surface area contributed by atoms with Gasteiger partial charge in [0.05, 0.1) is 5.02 Å². The summed E-state index contributed by atoms with van der Waals surface area (Å²) < 4.78 is 33.8. The molecule has 78 valence electrons. The SMILES string of the molecule is O=S(=O)(F)c1cc(CCl)c(Cl)cc1Cl. The zero-order chi connectivity index (χ0) is 10.9. The lowest BCUT2D eigenvalue weighted by atomic mass is 10.2. The molecule has 7 heteroatoms. The second kappa shape index (κ2) is 4.23. The highest BCUT2D eigenvalue weighted by Gasteiger charge is 2.18. The summed E-state index contributed by atoms with van der Waals surface area (Å²) in [5, 5.41) is -0.0521. The Morgan fingerprint density at radius 2 is 1.79 bits per heavy atom. The molecule has 0 atom stereocenters. The van der Waals surface area contributed by atoms with E-state index in [4.69, 9.17) is 34.8 Å². The average molecular weight is 278 g/mol. The highest BCUT2D eigenvalue weighted by molar-refractivity contribution is 7.86. The van der Waals surface area contributed by atoms with Gasteiger partial charge in [0, 0.05) is 10.9 Å². The molecule has 0 aliphatic heterocycles. The quantitative estimate of drug-likeness (QED) is 0.613. The Balaban J connectivity index is 3.47. The molecule has 0 radical (unpaired) electrons. The Morgan fingerprint density at radius 1 is 1.21 bits per heavy atom. The summed E-state index contributed by atoms with van der Waals surface area (Å²) >= 11 is 16.6. The van der Waals surface area contributed by atoms with Crippen molar-refractivity contribution in [1.82, 2.24) is 0 Å². The molecule has 1 aromatic rings. The fraction of sp³-hybridized carbons (Fsp3) is 0.143. The first-order chi connectivity index (χ1) is 6.36. The third-order valence-corrected chi connectivity index (χ3v) is 3.44. The summed E-state index contributed by atoms with van der Waals surface area (Å²) in [6.07, 6.45) is 0. The van der Waals surface area contributed by atoms with Crippen LogP contribution in [-0.2, 0) is 16.1 Å². The molecule has 0 fully saturated rings. The molecule has 14 heavy (non-hydrogen) atoms. The fourth-order valence-corrected chi connectivity index (χ4v) is 2.45. The number of halogens is 4. The van der Waals surface area contributed by atoms with Gasteiger partial charge in [0.1, 0.15) is 4.90 Å². The number of hydrogen-bond donors (Lipinski definition) is 0. The van der Waals surface area contributed by atoms with Crippen LogP contribution in [0.3, 0.4) is 0 Å². The van der Waals surface area contributed by atoms with Gasteiger partial charge in [-0.3, -0.25) is 0 Å². The Labute approximate surface area is 95.8 Å². The van der Waals surface area contributed by atoms with E-state index >= 15 is 0 Å². The summed E-state index contributed by atoms with van der Waals surface area (Å²) in [6, 6.07) is 2.17. The average Bonchev–Trinajstić information content (AvgIpc) is 2.02. The van der Waals surface area contributed by atoms with Crippen LogP contribution in [0.2, 0.25) is 10.0 Å². The Bertz CT molecular complexity index is 458. The van der Waals surface area contributed by atoms with Crippen molar-refractivity contribution in [2.24, 2.45) is 0 Å². The number of benzene rings is 1. The molecule has 0 unspecified atom stereocenters. The van der Waals surface area contributed by atoms with Gasteiger partial charge in [0.25, 0.3) is 0 Å². The molecular weight excluding hydrogens is 273 g/mol. The van der Waals surface area contributed by atoms with Gasteiger partial charge in [0.2, 0.25) is 0 Å². The minimum atomic E-state index is -4.83.